The van der Waals surface area contributed by atoms with Crippen LogP contribution in [0.3, 0.4) is 0 Å². The fraction of sp³-hybridized carbons (Fsp3) is 0.200. The number of benzene rings is 7. The first kappa shape index (κ1) is 39.0. The molecule has 0 aliphatic heterocycles. The normalized spacial score (nSPS) is 13.2. The first-order chi connectivity index (χ1) is 32.9. The van der Waals surface area contributed by atoms with Crippen LogP contribution in [0.2, 0.25) is 0 Å². The molecule has 10 aromatic rings. The van der Waals surface area contributed by atoms with Crippen molar-refractivity contribution in [1.29, 1.82) is 0 Å². The van der Waals surface area contributed by atoms with Gasteiger partial charge < -0.3 is 14.0 Å². The molecule has 0 atom stereocenters. The summed E-state index contributed by atoms with van der Waals surface area (Å²) in [7, 11) is 0. The maximum atomic E-state index is 8.35. The molecule has 65 heavy (non-hydrogen) atoms. The Bertz CT molecular complexity index is 3410. The van der Waals surface area contributed by atoms with Gasteiger partial charge in [0.2, 0.25) is 0 Å². The van der Waals surface area contributed by atoms with E-state index >= 15 is 0 Å². The molecule has 0 fully saturated rings. The van der Waals surface area contributed by atoms with Gasteiger partial charge in [-0.1, -0.05) is 163 Å². The van der Waals surface area contributed by atoms with Crippen LogP contribution in [-0.2, 0) is 26.5 Å². The zero-order valence-electron chi connectivity index (χ0n) is 42.8. The first-order valence-corrected chi connectivity index (χ1v) is 22.0. The molecule has 7 aromatic carbocycles. The first-order valence-electron chi connectivity index (χ1n) is 24.5. The van der Waals surface area contributed by atoms with Crippen molar-refractivity contribution in [3.63, 3.8) is 0 Å². The molecule has 0 aliphatic rings. The van der Waals surface area contributed by atoms with Gasteiger partial charge in [0, 0.05) is 44.2 Å². The average molecular weight is 1030 g/mol. The number of hydrogen-bond donors (Lipinski definition) is 0. The van der Waals surface area contributed by atoms with E-state index in [4.69, 9.17) is 16.3 Å². The molecule has 3 heterocycles. The third kappa shape index (κ3) is 9.55. The number of para-hydroxylation sites is 3. The van der Waals surface area contributed by atoms with Crippen LogP contribution in [0.4, 0.5) is 0 Å². The summed E-state index contributed by atoms with van der Waals surface area (Å²) < 4.78 is 47.7. The van der Waals surface area contributed by atoms with E-state index in [0.717, 1.165) is 44.4 Å². The zero-order valence-corrected chi connectivity index (χ0v) is 40.2. The van der Waals surface area contributed by atoms with Crippen LogP contribution in [-0.4, -0.2) is 14.5 Å². The third-order valence-corrected chi connectivity index (χ3v) is 11.5. The van der Waals surface area contributed by atoms with Gasteiger partial charge in [0.05, 0.1) is 22.4 Å². The van der Waals surface area contributed by atoms with Crippen molar-refractivity contribution in [2.45, 2.75) is 73.5 Å². The number of aryl methyl sites for hydroxylation is 1. The second-order valence-electron chi connectivity index (χ2n) is 18.0. The Labute approximate surface area is 404 Å². The van der Waals surface area contributed by atoms with E-state index in [1.807, 2.05) is 39.0 Å². The fourth-order valence-corrected chi connectivity index (χ4v) is 8.42. The van der Waals surface area contributed by atoms with Crippen LogP contribution in [0, 0.1) is 24.4 Å². The smallest absolute Gasteiger partial charge is 0.120 e. The van der Waals surface area contributed by atoms with Crippen molar-refractivity contribution in [2.24, 2.45) is 5.41 Å². The number of hydrogen-bond acceptors (Lipinski definition) is 3. The molecule has 327 valence electrons. The van der Waals surface area contributed by atoms with E-state index in [0.29, 0.717) is 16.8 Å². The van der Waals surface area contributed by atoms with Crippen LogP contribution in [0.25, 0.3) is 83.6 Å². The topological polar surface area (TPSA) is 43.9 Å². The predicted octanol–water partition coefficient (Wildman–Crippen LogP) is 16.4. The van der Waals surface area contributed by atoms with Crippen LogP contribution in [0.15, 0.2) is 168 Å². The molecule has 5 heteroatoms. The van der Waals surface area contributed by atoms with E-state index < -0.39 is 18.6 Å². The Morgan fingerprint density at radius 1 is 0.692 bits per heavy atom. The molecular weight excluding hydrogens is 971 g/mol. The van der Waals surface area contributed by atoms with Crippen LogP contribution in [0.1, 0.15) is 89.4 Å². The maximum Gasteiger partial charge on any atom is 0.120 e. The minimum absolute atomic E-state index is 0. The molecule has 0 N–H and O–H groups in total. The monoisotopic (exact) mass is 1030 g/mol. The minimum atomic E-state index is -2.16. The summed E-state index contributed by atoms with van der Waals surface area (Å²) in [5.41, 5.74) is 14.7. The molecule has 0 amide bonds. The number of rotatable bonds is 8. The van der Waals surface area contributed by atoms with Crippen molar-refractivity contribution in [3.05, 3.63) is 198 Å². The number of aromatic nitrogens is 3. The van der Waals surface area contributed by atoms with Gasteiger partial charge in [-0.15, -0.1) is 53.6 Å². The summed E-state index contributed by atoms with van der Waals surface area (Å²) in [5.74, 6) is 1.39. The van der Waals surface area contributed by atoms with Gasteiger partial charge in [0.25, 0.3) is 0 Å². The second kappa shape index (κ2) is 19.0. The maximum absolute atomic E-state index is 8.35. The summed E-state index contributed by atoms with van der Waals surface area (Å²) in [6.45, 7) is 12.5. The molecule has 4 nitrogen and oxygen atoms in total. The molecule has 0 unspecified atom stereocenters. The van der Waals surface area contributed by atoms with Gasteiger partial charge in [-0.25, -0.2) is 0 Å². The second-order valence-corrected chi connectivity index (χ2v) is 18.0. The van der Waals surface area contributed by atoms with Crippen molar-refractivity contribution >= 4 is 33.0 Å². The van der Waals surface area contributed by atoms with Gasteiger partial charge >= 0.3 is 0 Å². The zero-order chi connectivity index (χ0) is 48.8. The largest absolute Gasteiger partial charge is 0.501 e. The Morgan fingerprint density at radius 3 is 2.03 bits per heavy atom. The number of nitrogens with zero attached hydrogens (tertiary/aromatic N) is 3. The van der Waals surface area contributed by atoms with Crippen molar-refractivity contribution in [3.8, 4) is 50.6 Å². The van der Waals surface area contributed by atoms with E-state index in [9.17, 15) is 0 Å². The molecule has 0 saturated carbocycles. The Balaban J connectivity index is 0.000000233. The van der Waals surface area contributed by atoms with E-state index in [1.165, 1.54) is 51.2 Å². The summed E-state index contributed by atoms with van der Waals surface area (Å²) in [5, 5.41) is 2.18. The van der Waals surface area contributed by atoms with Crippen molar-refractivity contribution in [1.82, 2.24) is 14.5 Å². The van der Waals surface area contributed by atoms with Gasteiger partial charge in [-0.3, -0.25) is 4.98 Å². The number of furan rings is 1. The molecule has 0 bridgehead atoms. The molecule has 1 radical (unpaired) electrons. The number of imidazole rings is 1. The number of pyridine rings is 1. The van der Waals surface area contributed by atoms with E-state index in [2.05, 4.69) is 159 Å². The van der Waals surface area contributed by atoms with Crippen molar-refractivity contribution in [2.75, 3.05) is 0 Å². The molecule has 0 aliphatic carbocycles. The molecule has 3 aromatic heterocycles. The summed E-state index contributed by atoms with van der Waals surface area (Å²) in [4.78, 5) is 9.53. The van der Waals surface area contributed by atoms with E-state index in [1.54, 1.807) is 24.4 Å². The number of fused-ring (bicyclic) bond motifs is 4. The van der Waals surface area contributed by atoms with Crippen LogP contribution in [0.5, 0.6) is 0 Å². The molecule has 10 rings (SSSR count). The average Bonchev–Trinajstić information content (AvgIpc) is 3.92. The molecular formula is C60H55IrN3O-2. The standard InChI is InChI=1S/C43H35N2O.C17H20N.Ir/c1-27(2)36-25-32(31-23-21-30(22-24-31)29-13-6-5-7-14-29)26-37(28(3)4)41(36)45-39-19-10-9-18-38(39)44-43(45)35-17-12-16-34-33-15-8-11-20-40(33)46-42(34)35;1-13-5-7-15(8-6-13)16-11-14(9-10-18-16)12-17(2,3)4;/h5-16,18-28H,1-4H3;5-7,9-11H,12H2,1-4H3;/q2*-1;/i;1D3,12D2;. The van der Waals surface area contributed by atoms with Gasteiger partial charge in [-0.2, -0.15) is 0 Å². The minimum Gasteiger partial charge on any atom is -0.501 e. The van der Waals surface area contributed by atoms with Crippen LogP contribution < -0.4 is 0 Å². The third-order valence-electron chi connectivity index (χ3n) is 11.5. The molecule has 0 saturated heterocycles. The summed E-state index contributed by atoms with van der Waals surface area (Å²) in [6.07, 6.45) is 0.0586. The SMILES string of the molecule is CC(C)c1cc(-c2ccc(-c3ccccc3)cc2)cc(C(C)C)c1-n1c(-c2[c-]ccc3c2oc2ccccc23)nc2ccccc21.[2H]C([2H])([2H])c1c[c-]c(-c2cc(C([2H])([2H])C(C)(C)C)ccn2)cc1.[Ir]. The molecule has 0 spiro atoms. The quantitative estimate of drug-likeness (QED) is 0.142. The fourth-order valence-electron chi connectivity index (χ4n) is 8.42. The van der Waals surface area contributed by atoms with Crippen molar-refractivity contribution < 1.29 is 31.4 Å². The van der Waals surface area contributed by atoms with Gasteiger partial charge in [0.1, 0.15) is 5.58 Å². The van der Waals surface area contributed by atoms with E-state index in [-0.39, 0.29) is 37.5 Å². The Morgan fingerprint density at radius 2 is 1.35 bits per heavy atom. The van der Waals surface area contributed by atoms with Gasteiger partial charge in [0.15, 0.2) is 0 Å². The Hall–Kier alpha value is -6.39. The summed E-state index contributed by atoms with van der Waals surface area (Å²) >= 11 is 0. The summed E-state index contributed by atoms with van der Waals surface area (Å²) in [6, 6.07) is 59.5. The van der Waals surface area contributed by atoms with Gasteiger partial charge in [-0.05, 0) is 99.1 Å². The predicted molar refractivity (Wildman–Crippen MR) is 268 cm³/mol. The Kier molecular flexibility index (Phi) is 11.4. The van der Waals surface area contributed by atoms with Crippen LogP contribution >= 0.6 is 0 Å².